The van der Waals surface area contributed by atoms with Crippen molar-refractivity contribution in [2.24, 2.45) is 5.92 Å². The minimum Gasteiger partial charge on any atom is -0.393 e. The third-order valence-corrected chi connectivity index (χ3v) is 3.75. The molecule has 1 heterocycles. The van der Waals surface area contributed by atoms with Crippen LogP contribution in [0.2, 0.25) is 0 Å². The molecule has 2 N–H and O–H groups in total. The number of aliphatic hydroxyl groups excluding tert-OH is 2. The normalized spacial score (nSPS) is 36.1. The second-order valence-electron chi connectivity index (χ2n) is 5.09. The number of carbonyl (C=O) groups is 1. The minimum atomic E-state index is -0.341. The molecule has 0 aromatic rings. The highest BCUT2D eigenvalue weighted by molar-refractivity contribution is 5.79. The fourth-order valence-corrected chi connectivity index (χ4v) is 2.74. The Hall–Kier alpha value is -0.610. The molecule has 0 radical (unpaired) electrons. The highest BCUT2D eigenvalue weighted by Gasteiger charge is 2.30. The van der Waals surface area contributed by atoms with Crippen LogP contribution in [-0.2, 0) is 4.79 Å². The lowest BCUT2D eigenvalue weighted by molar-refractivity contribution is -0.140. The molecule has 4 heteroatoms. The summed E-state index contributed by atoms with van der Waals surface area (Å²) in [6.07, 6.45) is 4.25. The molecule has 1 unspecified atom stereocenters. The summed E-state index contributed by atoms with van der Waals surface area (Å²) in [5.74, 6) is 0.263. The van der Waals surface area contributed by atoms with E-state index in [1.165, 1.54) is 0 Å². The predicted molar refractivity (Wildman–Crippen MR) is 59.8 cm³/mol. The number of amides is 1. The summed E-state index contributed by atoms with van der Waals surface area (Å²) in [6, 6.07) is 0. The zero-order valence-electron chi connectivity index (χ0n) is 9.64. The van der Waals surface area contributed by atoms with Crippen molar-refractivity contribution in [1.82, 2.24) is 4.90 Å². The summed E-state index contributed by atoms with van der Waals surface area (Å²) in [6.45, 7) is 1.28. The van der Waals surface area contributed by atoms with Crippen molar-refractivity contribution in [2.45, 2.75) is 50.7 Å². The number of likely N-dealkylation sites (tertiary alicyclic amines) is 1. The number of rotatable bonds is 1. The van der Waals surface area contributed by atoms with Gasteiger partial charge in [0.2, 0.25) is 5.91 Å². The summed E-state index contributed by atoms with van der Waals surface area (Å²) < 4.78 is 0. The zero-order chi connectivity index (χ0) is 11.5. The topological polar surface area (TPSA) is 60.8 Å². The first kappa shape index (κ1) is 11.9. The van der Waals surface area contributed by atoms with Gasteiger partial charge in [-0.05, 0) is 38.5 Å². The van der Waals surface area contributed by atoms with Gasteiger partial charge >= 0.3 is 0 Å². The number of hydrogen-bond acceptors (Lipinski definition) is 3. The van der Waals surface area contributed by atoms with Crippen LogP contribution in [-0.4, -0.2) is 46.3 Å². The molecule has 2 rings (SSSR count). The van der Waals surface area contributed by atoms with Gasteiger partial charge in [0.1, 0.15) is 0 Å². The standard InChI is InChI=1S/C12H21NO3/c14-10-5-3-9(4-6-10)12(16)13-7-1-2-11(15)8-13/h9-11,14-15H,1-8H2. The molecule has 4 nitrogen and oxygen atoms in total. The van der Waals surface area contributed by atoms with E-state index in [4.69, 9.17) is 0 Å². The maximum atomic E-state index is 12.1. The van der Waals surface area contributed by atoms with Gasteiger partial charge < -0.3 is 15.1 Å². The van der Waals surface area contributed by atoms with Gasteiger partial charge in [0, 0.05) is 19.0 Å². The summed E-state index contributed by atoms with van der Waals surface area (Å²) >= 11 is 0. The molecule has 0 spiro atoms. The van der Waals surface area contributed by atoms with E-state index in [0.29, 0.717) is 6.54 Å². The lowest BCUT2D eigenvalue weighted by atomic mass is 9.86. The molecule has 1 aliphatic heterocycles. The molecule has 1 atom stereocenters. The molecule has 92 valence electrons. The lowest BCUT2D eigenvalue weighted by Gasteiger charge is -2.34. The van der Waals surface area contributed by atoms with Crippen molar-refractivity contribution in [3.63, 3.8) is 0 Å². The molecule has 16 heavy (non-hydrogen) atoms. The minimum absolute atomic E-state index is 0.0775. The zero-order valence-corrected chi connectivity index (χ0v) is 9.64. The fraction of sp³-hybridized carbons (Fsp3) is 0.917. The third kappa shape index (κ3) is 2.74. The van der Waals surface area contributed by atoms with Crippen LogP contribution in [0.5, 0.6) is 0 Å². The van der Waals surface area contributed by atoms with Crippen LogP contribution in [0.3, 0.4) is 0 Å². The molecule has 1 aliphatic carbocycles. The number of aliphatic hydroxyl groups is 2. The van der Waals surface area contributed by atoms with Gasteiger partial charge in [-0.2, -0.15) is 0 Å². The maximum absolute atomic E-state index is 12.1. The molecular weight excluding hydrogens is 206 g/mol. The van der Waals surface area contributed by atoms with Crippen LogP contribution in [0.25, 0.3) is 0 Å². The van der Waals surface area contributed by atoms with Crippen LogP contribution < -0.4 is 0 Å². The lowest BCUT2D eigenvalue weighted by Crippen LogP contribution is -2.45. The van der Waals surface area contributed by atoms with Crippen LogP contribution in [0.4, 0.5) is 0 Å². The van der Waals surface area contributed by atoms with E-state index >= 15 is 0 Å². The first-order chi connectivity index (χ1) is 7.66. The summed E-state index contributed by atoms with van der Waals surface area (Å²) in [5.41, 5.74) is 0. The largest absolute Gasteiger partial charge is 0.393 e. The van der Waals surface area contributed by atoms with E-state index in [1.807, 2.05) is 0 Å². The van der Waals surface area contributed by atoms with E-state index in [-0.39, 0.29) is 24.0 Å². The first-order valence-corrected chi connectivity index (χ1v) is 6.31. The van der Waals surface area contributed by atoms with E-state index in [2.05, 4.69) is 0 Å². The van der Waals surface area contributed by atoms with E-state index < -0.39 is 0 Å². The van der Waals surface area contributed by atoms with E-state index in [0.717, 1.165) is 45.1 Å². The van der Waals surface area contributed by atoms with Gasteiger partial charge in [-0.1, -0.05) is 0 Å². The van der Waals surface area contributed by atoms with Gasteiger partial charge in [-0.3, -0.25) is 4.79 Å². The molecule has 0 bridgehead atoms. The molecule has 2 aliphatic rings. The monoisotopic (exact) mass is 227 g/mol. The molecule has 2 fully saturated rings. The van der Waals surface area contributed by atoms with Crippen LogP contribution in [0, 0.1) is 5.92 Å². The van der Waals surface area contributed by atoms with Crippen molar-refractivity contribution < 1.29 is 15.0 Å². The van der Waals surface area contributed by atoms with Crippen molar-refractivity contribution in [1.29, 1.82) is 0 Å². The Bertz CT molecular complexity index is 249. The van der Waals surface area contributed by atoms with Crippen molar-refractivity contribution in [3.8, 4) is 0 Å². The Morgan fingerprint density at radius 1 is 1.00 bits per heavy atom. The average Bonchev–Trinajstić information content (AvgIpc) is 2.29. The molecule has 1 amide bonds. The Balaban J connectivity index is 1.86. The van der Waals surface area contributed by atoms with Gasteiger partial charge in [-0.15, -0.1) is 0 Å². The smallest absolute Gasteiger partial charge is 0.225 e. The van der Waals surface area contributed by atoms with Gasteiger partial charge in [0.25, 0.3) is 0 Å². The Labute approximate surface area is 96.3 Å². The first-order valence-electron chi connectivity index (χ1n) is 6.31. The highest BCUT2D eigenvalue weighted by atomic mass is 16.3. The Morgan fingerprint density at radius 2 is 1.69 bits per heavy atom. The number of piperidine rings is 1. The molecular formula is C12H21NO3. The number of carbonyl (C=O) groups excluding carboxylic acids is 1. The molecule has 1 saturated heterocycles. The van der Waals surface area contributed by atoms with Gasteiger partial charge in [-0.25, -0.2) is 0 Å². The maximum Gasteiger partial charge on any atom is 0.225 e. The van der Waals surface area contributed by atoms with E-state index in [1.54, 1.807) is 4.90 Å². The third-order valence-electron chi connectivity index (χ3n) is 3.75. The van der Waals surface area contributed by atoms with Crippen LogP contribution in [0.15, 0.2) is 0 Å². The second kappa shape index (κ2) is 5.15. The molecule has 1 saturated carbocycles. The molecule has 0 aromatic heterocycles. The van der Waals surface area contributed by atoms with Crippen molar-refractivity contribution in [3.05, 3.63) is 0 Å². The highest BCUT2D eigenvalue weighted by Crippen LogP contribution is 2.26. The molecule has 0 aromatic carbocycles. The summed E-state index contributed by atoms with van der Waals surface area (Å²) in [7, 11) is 0. The van der Waals surface area contributed by atoms with E-state index in [9.17, 15) is 15.0 Å². The number of nitrogens with zero attached hydrogens (tertiary/aromatic N) is 1. The number of hydrogen-bond donors (Lipinski definition) is 2. The second-order valence-corrected chi connectivity index (χ2v) is 5.09. The Morgan fingerprint density at radius 3 is 2.31 bits per heavy atom. The van der Waals surface area contributed by atoms with Crippen LogP contribution >= 0.6 is 0 Å². The van der Waals surface area contributed by atoms with Crippen molar-refractivity contribution >= 4 is 5.91 Å². The predicted octanol–water partition coefficient (Wildman–Crippen LogP) is 0.521. The van der Waals surface area contributed by atoms with Gasteiger partial charge in [0.05, 0.1) is 12.2 Å². The fourth-order valence-electron chi connectivity index (χ4n) is 2.74. The SMILES string of the molecule is O=C(C1CCC(O)CC1)N1CCCC(O)C1. The average molecular weight is 227 g/mol. The quantitative estimate of drug-likeness (QED) is 0.686. The Kier molecular flexibility index (Phi) is 3.82. The summed E-state index contributed by atoms with van der Waals surface area (Å²) in [5, 5.41) is 18.9. The van der Waals surface area contributed by atoms with Crippen molar-refractivity contribution in [2.75, 3.05) is 13.1 Å². The number of β-amino-alcohol motifs (C(OH)–C–C–N with tert-alkyl or cyclic N) is 1. The van der Waals surface area contributed by atoms with Crippen LogP contribution in [0.1, 0.15) is 38.5 Å². The summed E-state index contributed by atoms with van der Waals surface area (Å²) in [4.78, 5) is 13.9. The van der Waals surface area contributed by atoms with Gasteiger partial charge in [0.15, 0.2) is 0 Å².